The highest BCUT2D eigenvalue weighted by atomic mass is 15.3. The smallest absolute Gasteiger partial charge is 0.137 e. The molecule has 0 radical (unpaired) electrons. The summed E-state index contributed by atoms with van der Waals surface area (Å²) in [5.74, 6) is 1.91. The second-order valence-electron chi connectivity index (χ2n) is 11.2. The van der Waals surface area contributed by atoms with Crippen LogP contribution in [0, 0.1) is 6.92 Å². The number of anilines is 2. The van der Waals surface area contributed by atoms with Crippen LogP contribution < -0.4 is 10.2 Å². The van der Waals surface area contributed by atoms with E-state index < -0.39 is 0 Å². The summed E-state index contributed by atoms with van der Waals surface area (Å²) in [7, 11) is 4.35. The first-order valence-corrected chi connectivity index (χ1v) is 14.2. The molecule has 0 amide bonds. The normalized spacial score (nSPS) is 17.3. The van der Waals surface area contributed by atoms with Crippen LogP contribution in [0.25, 0.3) is 27.6 Å². The van der Waals surface area contributed by atoms with E-state index in [1.807, 2.05) is 19.3 Å². The average molecular weight is 535 g/mol. The number of fused-ring (bicyclic) bond motifs is 1. The largest absolute Gasteiger partial charge is 0.367 e. The van der Waals surface area contributed by atoms with Crippen LogP contribution >= 0.6 is 0 Å². The van der Waals surface area contributed by atoms with E-state index in [0.717, 1.165) is 108 Å². The fourth-order valence-electron chi connectivity index (χ4n) is 5.66. The standard InChI is InChI=1S/C32H38N8/c1-22(24-5-6-30-29(17-24)32(36-21-35-30)37-27-8-11-38(3)12-9-27)28-18-26(20-34-23(28)2)25-7-10-33-31(19-25)40-15-13-39(4)14-16-40/h5-7,10,17-21,27H,1,8-9,11-16H2,2-4H3,(H,35,36,37). The number of nitrogens with one attached hydrogen (secondary N) is 1. The molecule has 2 aliphatic rings. The van der Waals surface area contributed by atoms with Crippen LogP contribution in [0.4, 0.5) is 11.6 Å². The number of likely N-dealkylation sites (N-methyl/N-ethyl adjacent to an activating group) is 1. The first kappa shape index (κ1) is 26.3. The SMILES string of the molecule is C=C(c1ccc2ncnc(NC3CCN(C)CC3)c2c1)c1cc(-c2ccnc(N3CCN(C)CC3)c2)cnc1C. The average Bonchev–Trinajstić information content (AvgIpc) is 2.98. The van der Waals surface area contributed by atoms with Crippen molar-refractivity contribution in [3.8, 4) is 11.1 Å². The molecule has 2 aliphatic heterocycles. The van der Waals surface area contributed by atoms with Crippen molar-refractivity contribution in [2.24, 2.45) is 0 Å². The summed E-state index contributed by atoms with van der Waals surface area (Å²) in [5.41, 5.74) is 7.08. The van der Waals surface area contributed by atoms with E-state index in [-0.39, 0.29) is 0 Å². The maximum Gasteiger partial charge on any atom is 0.137 e. The third kappa shape index (κ3) is 5.55. The van der Waals surface area contributed by atoms with Gasteiger partial charge in [0.25, 0.3) is 0 Å². The fraction of sp³-hybridized carbons (Fsp3) is 0.375. The maximum atomic E-state index is 4.77. The van der Waals surface area contributed by atoms with Crippen LogP contribution in [0.5, 0.6) is 0 Å². The van der Waals surface area contributed by atoms with Gasteiger partial charge in [0.1, 0.15) is 18.0 Å². The number of hydrogen-bond acceptors (Lipinski definition) is 8. The molecule has 0 spiro atoms. The van der Waals surface area contributed by atoms with E-state index >= 15 is 0 Å². The van der Waals surface area contributed by atoms with E-state index in [1.165, 1.54) is 0 Å². The predicted molar refractivity (Wildman–Crippen MR) is 164 cm³/mol. The number of nitrogens with zero attached hydrogens (tertiary/aromatic N) is 7. The Kier molecular flexibility index (Phi) is 7.45. The van der Waals surface area contributed by atoms with Gasteiger partial charge in [-0.2, -0.15) is 0 Å². The highest BCUT2D eigenvalue weighted by molar-refractivity contribution is 5.93. The van der Waals surface area contributed by atoms with E-state index in [4.69, 9.17) is 4.98 Å². The Bertz CT molecular complexity index is 1520. The topological polar surface area (TPSA) is 73.3 Å². The molecule has 2 fully saturated rings. The van der Waals surface area contributed by atoms with Gasteiger partial charge in [0.15, 0.2) is 0 Å². The summed E-state index contributed by atoms with van der Waals surface area (Å²) in [6, 6.07) is 13.2. The Morgan fingerprint density at radius 3 is 2.42 bits per heavy atom. The Labute approximate surface area is 236 Å². The van der Waals surface area contributed by atoms with E-state index in [0.29, 0.717) is 6.04 Å². The molecular weight excluding hydrogens is 496 g/mol. The molecule has 4 aromatic rings. The van der Waals surface area contributed by atoms with Gasteiger partial charge in [-0.25, -0.2) is 15.0 Å². The first-order chi connectivity index (χ1) is 19.4. The molecule has 0 bridgehead atoms. The number of piperazine rings is 1. The molecule has 0 saturated carbocycles. The Hall–Kier alpha value is -3.88. The van der Waals surface area contributed by atoms with Crippen LogP contribution in [-0.2, 0) is 0 Å². The molecule has 6 rings (SSSR count). The number of pyridine rings is 2. The van der Waals surface area contributed by atoms with Gasteiger partial charge in [-0.05, 0) is 94.0 Å². The zero-order chi connectivity index (χ0) is 27.6. The highest BCUT2D eigenvalue weighted by Crippen LogP contribution is 2.32. The molecule has 8 nitrogen and oxygen atoms in total. The summed E-state index contributed by atoms with van der Waals surface area (Å²) in [6.45, 7) is 12.8. The third-order valence-electron chi connectivity index (χ3n) is 8.36. The summed E-state index contributed by atoms with van der Waals surface area (Å²) in [5, 5.41) is 4.72. The molecule has 8 heteroatoms. The monoisotopic (exact) mass is 534 g/mol. The van der Waals surface area contributed by atoms with Crippen molar-refractivity contribution in [2.75, 3.05) is 63.6 Å². The minimum atomic E-state index is 0.417. The van der Waals surface area contributed by atoms with Gasteiger partial charge in [-0.1, -0.05) is 12.6 Å². The van der Waals surface area contributed by atoms with Crippen molar-refractivity contribution < 1.29 is 0 Å². The van der Waals surface area contributed by atoms with E-state index in [1.54, 1.807) is 6.33 Å². The van der Waals surface area contributed by atoms with Gasteiger partial charge in [-0.15, -0.1) is 0 Å². The van der Waals surface area contributed by atoms with Crippen molar-refractivity contribution in [2.45, 2.75) is 25.8 Å². The maximum absolute atomic E-state index is 4.77. The second-order valence-corrected chi connectivity index (χ2v) is 11.2. The molecular formula is C32H38N8. The van der Waals surface area contributed by atoms with Crippen LogP contribution in [0.3, 0.4) is 0 Å². The number of aryl methyl sites for hydroxylation is 1. The molecule has 0 aliphatic carbocycles. The lowest BCUT2D eigenvalue weighted by molar-refractivity contribution is 0.264. The van der Waals surface area contributed by atoms with Gasteiger partial charge >= 0.3 is 0 Å². The van der Waals surface area contributed by atoms with Crippen molar-refractivity contribution in [1.82, 2.24) is 29.7 Å². The van der Waals surface area contributed by atoms with Crippen LogP contribution in [-0.4, -0.2) is 89.1 Å². The summed E-state index contributed by atoms with van der Waals surface area (Å²) in [4.78, 5) is 25.7. The second kappa shape index (κ2) is 11.3. The Balaban J connectivity index is 1.28. The molecule has 5 heterocycles. The van der Waals surface area contributed by atoms with Crippen LogP contribution in [0.15, 0.2) is 61.7 Å². The summed E-state index contributed by atoms with van der Waals surface area (Å²) < 4.78 is 0. The minimum absolute atomic E-state index is 0.417. The van der Waals surface area contributed by atoms with Gasteiger partial charge in [0.05, 0.1) is 5.52 Å². The quantitative estimate of drug-likeness (QED) is 0.381. The molecule has 0 atom stereocenters. The van der Waals surface area contributed by atoms with Crippen molar-refractivity contribution in [3.05, 3.63) is 78.5 Å². The third-order valence-corrected chi connectivity index (χ3v) is 8.36. The van der Waals surface area contributed by atoms with E-state index in [9.17, 15) is 0 Å². The number of rotatable bonds is 6. The number of piperidine rings is 1. The zero-order valence-corrected chi connectivity index (χ0v) is 23.8. The zero-order valence-electron chi connectivity index (χ0n) is 23.8. The molecule has 3 aromatic heterocycles. The fourth-order valence-corrected chi connectivity index (χ4v) is 5.66. The molecule has 1 N–H and O–H groups in total. The molecule has 40 heavy (non-hydrogen) atoms. The lowest BCUT2D eigenvalue weighted by atomic mass is 9.95. The molecule has 2 saturated heterocycles. The lowest BCUT2D eigenvalue weighted by Gasteiger charge is -2.33. The predicted octanol–water partition coefficient (Wildman–Crippen LogP) is 4.71. The van der Waals surface area contributed by atoms with E-state index in [2.05, 4.69) is 92.0 Å². The highest BCUT2D eigenvalue weighted by Gasteiger charge is 2.19. The Morgan fingerprint density at radius 1 is 0.850 bits per heavy atom. The van der Waals surface area contributed by atoms with Crippen molar-refractivity contribution in [1.29, 1.82) is 0 Å². The summed E-state index contributed by atoms with van der Waals surface area (Å²) >= 11 is 0. The van der Waals surface area contributed by atoms with Crippen molar-refractivity contribution in [3.63, 3.8) is 0 Å². The Morgan fingerprint density at radius 2 is 1.62 bits per heavy atom. The van der Waals surface area contributed by atoms with Crippen LogP contribution in [0.1, 0.15) is 29.7 Å². The van der Waals surface area contributed by atoms with Gasteiger partial charge in [0, 0.05) is 66.8 Å². The van der Waals surface area contributed by atoms with Gasteiger partial charge in [0.2, 0.25) is 0 Å². The molecule has 1 aromatic carbocycles. The first-order valence-electron chi connectivity index (χ1n) is 14.2. The minimum Gasteiger partial charge on any atom is -0.367 e. The van der Waals surface area contributed by atoms with Gasteiger partial charge < -0.3 is 20.0 Å². The number of aromatic nitrogens is 4. The lowest BCUT2D eigenvalue weighted by Crippen LogP contribution is -2.44. The summed E-state index contributed by atoms with van der Waals surface area (Å²) in [6.07, 6.45) is 7.72. The molecule has 0 unspecified atom stereocenters. The molecule has 206 valence electrons. The van der Waals surface area contributed by atoms with Gasteiger partial charge in [-0.3, -0.25) is 4.98 Å². The number of hydrogen-bond donors (Lipinski definition) is 1. The van der Waals surface area contributed by atoms with Crippen molar-refractivity contribution >= 4 is 28.1 Å². The number of likely N-dealkylation sites (tertiary alicyclic amines) is 1. The van der Waals surface area contributed by atoms with Crippen LogP contribution in [0.2, 0.25) is 0 Å². The number of benzene rings is 1.